The van der Waals surface area contributed by atoms with Gasteiger partial charge in [-0.15, -0.1) is 0 Å². The maximum atomic E-state index is 8.57. The standard InChI is InChI=1S/C9H6N4/c10-6-9-12-5-3-8(13-9)7-2-1-4-11-7/h1-5,11H. The van der Waals surface area contributed by atoms with E-state index >= 15 is 0 Å². The van der Waals surface area contributed by atoms with Crippen LogP contribution in [-0.2, 0) is 0 Å². The SMILES string of the molecule is N#Cc1nccc(-c2ccc[nH]2)n1. The van der Waals surface area contributed by atoms with Gasteiger partial charge in [0.1, 0.15) is 6.07 Å². The third-order valence-corrected chi connectivity index (χ3v) is 1.63. The van der Waals surface area contributed by atoms with Crippen molar-refractivity contribution in [2.75, 3.05) is 0 Å². The second kappa shape index (κ2) is 3.07. The quantitative estimate of drug-likeness (QED) is 0.702. The highest BCUT2D eigenvalue weighted by atomic mass is 14.9. The number of nitrogens with zero attached hydrogens (tertiary/aromatic N) is 3. The van der Waals surface area contributed by atoms with Crippen molar-refractivity contribution in [2.45, 2.75) is 0 Å². The molecule has 0 saturated carbocycles. The number of aromatic amines is 1. The van der Waals surface area contributed by atoms with E-state index in [4.69, 9.17) is 5.26 Å². The fraction of sp³-hybridized carbons (Fsp3) is 0. The van der Waals surface area contributed by atoms with Crippen LogP contribution in [0.25, 0.3) is 11.4 Å². The van der Waals surface area contributed by atoms with Crippen LogP contribution < -0.4 is 0 Å². The molecule has 2 aromatic heterocycles. The highest BCUT2D eigenvalue weighted by Gasteiger charge is 2.00. The van der Waals surface area contributed by atoms with Gasteiger partial charge in [0.15, 0.2) is 0 Å². The number of rotatable bonds is 1. The average Bonchev–Trinajstić information content (AvgIpc) is 2.71. The number of hydrogen-bond donors (Lipinski definition) is 1. The lowest BCUT2D eigenvalue weighted by Crippen LogP contribution is -1.90. The van der Waals surface area contributed by atoms with Crippen molar-refractivity contribution in [3.63, 3.8) is 0 Å². The topological polar surface area (TPSA) is 65.4 Å². The van der Waals surface area contributed by atoms with Gasteiger partial charge in [0.25, 0.3) is 0 Å². The first-order valence-electron chi connectivity index (χ1n) is 3.77. The normalized spacial score (nSPS) is 9.46. The molecule has 0 amide bonds. The first-order chi connectivity index (χ1) is 6.40. The van der Waals surface area contributed by atoms with Crippen molar-refractivity contribution in [1.82, 2.24) is 15.0 Å². The van der Waals surface area contributed by atoms with Gasteiger partial charge in [0, 0.05) is 12.4 Å². The summed E-state index contributed by atoms with van der Waals surface area (Å²) in [5, 5.41) is 8.57. The van der Waals surface area contributed by atoms with E-state index in [0.717, 1.165) is 11.4 Å². The lowest BCUT2D eigenvalue weighted by Gasteiger charge is -1.95. The number of H-pyrrole nitrogens is 1. The summed E-state index contributed by atoms with van der Waals surface area (Å²) >= 11 is 0. The van der Waals surface area contributed by atoms with Gasteiger partial charge in [-0.1, -0.05) is 0 Å². The molecule has 0 unspecified atom stereocenters. The number of nitriles is 1. The van der Waals surface area contributed by atoms with E-state index in [0.29, 0.717) is 0 Å². The zero-order valence-corrected chi connectivity index (χ0v) is 6.73. The molecule has 2 aromatic rings. The molecule has 13 heavy (non-hydrogen) atoms. The summed E-state index contributed by atoms with van der Waals surface area (Å²) < 4.78 is 0. The Kier molecular flexibility index (Phi) is 1.77. The maximum Gasteiger partial charge on any atom is 0.232 e. The summed E-state index contributed by atoms with van der Waals surface area (Å²) in [5.41, 5.74) is 1.62. The monoisotopic (exact) mass is 170 g/mol. The molecule has 0 atom stereocenters. The number of aromatic nitrogens is 3. The van der Waals surface area contributed by atoms with Crippen molar-refractivity contribution in [2.24, 2.45) is 0 Å². The second-order valence-electron chi connectivity index (χ2n) is 2.46. The minimum Gasteiger partial charge on any atom is -0.360 e. The Morgan fingerprint density at radius 1 is 1.38 bits per heavy atom. The van der Waals surface area contributed by atoms with Crippen LogP contribution in [0, 0.1) is 11.3 Å². The van der Waals surface area contributed by atoms with Crippen LogP contribution in [0.2, 0.25) is 0 Å². The fourth-order valence-electron chi connectivity index (χ4n) is 1.05. The molecular formula is C9H6N4. The minimum atomic E-state index is 0.187. The molecule has 0 aliphatic carbocycles. The molecule has 2 heterocycles. The van der Waals surface area contributed by atoms with Crippen LogP contribution in [0.3, 0.4) is 0 Å². The van der Waals surface area contributed by atoms with Crippen LogP contribution in [0.5, 0.6) is 0 Å². The lowest BCUT2D eigenvalue weighted by molar-refractivity contribution is 1.11. The van der Waals surface area contributed by atoms with Crippen LogP contribution in [0.15, 0.2) is 30.6 Å². The summed E-state index contributed by atoms with van der Waals surface area (Å²) in [6, 6.07) is 7.42. The smallest absolute Gasteiger partial charge is 0.232 e. The predicted octanol–water partition coefficient (Wildman–Crippen LogP) is 1.34. The molecule has 4 nitrogen and oxygen atoms in total. The Bertz CT molecular complexity index is 439. The van der Waals surface area contributed by atoms with Crippen LogP contribution in [0.1, 0.15) is 5.82 Å². The van der Waals surface area contributed by atoms with Crippen LogP contribution in [0.4, 0.5) is 0 Å². The van der Waals surface area contributed by atoms with Crippen molar-refractivity contribution in [1.29, 1.82) is 5.26 Å². The summed E-state index contributed by atoms with van der Waals surface area (Å²) in [6.45, 7) is 0. The van der Waals surface area contributed by atoms with Gasteiger partial charge in [-0.3, -0.25) is 0 Å². The molecule has 4 heteroatoms. The van der Waals surface area contributed by atoms with E-state index in [1.54, 1.807) is 12.3 Å². The van der Waals surface area contributed by atoms with Gasteiger partial charge in [0.2, 0.25) is 5.82 Å². The maximum absolute atomic E-state index is 8.57. The molecule has 0 aliphatic rings. The van der Waals surface area contributed by atoms with Crippen molar-refractivity contribution < 1.29 is 0 Å². The van der Waals surface area contributed by atoms with Crippen LogP contribution in [-0.4, -0.2) is 15.0 Å². The Hall–Kier alpha value is -2.15. The van der Waals surface area contributed by atoms with E-state index in [1.807, 2.05) is 24.4 Å². The Morgan fingerprint density at radius 3 is 3.00 bits per heavy atom. The molecule has 0 fully saturated rings. The third-order valence-electron chi connectivity index (χ3n) is 1.63. The molecule has 0 spiro atoms. The average molecular weight is 170 g/mol. The summed E-state index contributed by atoms with van der Waals surface area (Å²) in [4.78, 5) is 10.8. The third kappa shape index (κ3) is 1.40. The molecule has 62 valence electrons. The first kappa shape index (κ1) is 7.50. The van der Waals surface area contributed by atoms with E-state index in [2.05, 4.69) is 15.0 Å². The Balaban J connectivity index is 2.49. The Morgan fingerprint density at radius 2 is 2.31 bits per heavy atom. The van der Waals surface area contributed by atoms with Crippen molar-refractivity contribution in [3.05, 3.63) is 36.4 Å². The summed E-state index contributed by atoms with van der Waals surface area (Å²) in [6.07, 6.45) is 3.38. The fourth-order valence-corrected chi connectivity index (χ4v) is 1.05. The molecular weight excluding hydrogens is 164 g/mol. The molecule has 1 N–H and O–H groups in total. The summed E-state index contributed by atoms with van der Waals surface area (Å²) in [7, 11) is 0. The largest absolute Gasteiger partial charge is 0.360 e. The van der Waals surface area contributed by atoms with Crippen LogP contribution >= 0.6 is 0 Å². The van der Waals surface area contributed by atoms with Gasteiger partial charge >= 0.3 is 0 Å². The molecule has 0 radical (unpaired) electrons. The molecule has 0 saturated heterocycles. The zero-order chi connectivity index (χ0) is 9.10. The molecule has 0 bridgehead atoms. The van der Waals surface area contributed by atoms with Gasteiger partial charge in [0.05, 0.1) is 11.4 Å². The highest BCUT2D eigenvalue weighted by Crippen LogP contribution is 2.12. The zero-order valence-electron chi connectivity index (χ0n) is 6.73. The van der Waals surface area contributed by atoms with Gasteiger partial charge in [-0.25, -0.2) is 9.97 Å². The van der Waals surface area contributed by atoms with E-state index in [-0.39, 0.29) is 5.82 Å². The van der Waals surface area contributed by atoms with Gasteiger partial charge in [-0.2, -0.15) is 5.26 Å². The van der Waals surface area contributed by atoms with Crippen molar-refractivity contribution in [3.8, 4) is 17.5 Å². The minimum absolute atomic E-state index is 0.187. The van der Waals surface area contributed by atoms with E-state index in [9.17, 15) is 0 Å². The van der Waals surface area contributed by atoms with Gasteiger partial charge in [-0.05, 0) is 18.2 Å². The highest BCUT2D eigenvalue weighted by molar-refractivity contribution is 5.53. The Labute approximate surface area is 74.9 Å². The number of hydrogen-bond acceptors (Lipinski definition) is 3. The second-order valence-corrected chi connectivity index (χ2v) is 2.46. The summed E-state index contributed by atoms with van der Waals surface area (Å²) in [5.74, 6) is 0.187. The van der Waals surface area contributed by atoms with E-state index < -0.39 is 0 Å². The molecule has 0 aliphatic heterocycles. The molecule has 2 rings (SSSR count). The lowest BCUT2D eigenvalue weighted by atomic mass is 10.3. The van der Waals surface area contributed by atoms with E-state index in [1.165, 1.54) is 0 Å². The van der Waals surface area contributed by atoms with Crippen molar-refractivity contribution >= 4 is 0 Å². The number of nitrogens with one attached hydrogen (secondary N) is 1. The predicted molar refractivity (Wildman–Crippen MR) is 46.5 cm³/mol. The van der Waals surface area contributed by atoms with Gasteiger partial charge < -0.3 is 4.98 Å². The first-order valence-corrected chi connectivity index (χ1v) is 3.77. The molecule has 0 aromatic carbocycles.